The van der Waals surface area contributed by atoms with Gasteiger partial charge >= 0.3 is 13.8 Å². The Bertz CT molecular complexity index is 1390. The molecule has 0 radical (unpaired) electrons. The molecule has 0 aliphatic rings. The molecule has 0 saturated heterocycles. The minimum absolute atomic E-state index is 0.00257. The van der Waals surface area contributed by atoms with Crippen molar-refractivity contribution in [1.29, 1.82) is 0 Å². The van der Waals surface area contributed by atoms with Gasteiger partial charge in [0.25, 0.3) is 0 Å². The standard InChI is InChI=1S/C30H41F3N5O5P/c1-24(20-38-22-37-27-28(34)35-21-36-29(27)38)42-23-44(39,40)43-19-18-41-17-11-9-7-5-3-2-4-6-8-10-12-25-13-15-26(16-14-25)30(31,32)33/h13-16,21-22,24H,2-9,11,17-20,23H2,1H3,(H,39,40)(H2,34,35,36)/t24-/m1/s1. The second-order valence-corrected chi connectivity index (χ2v) is 12.3. The monoisotopic (exact) mass is 639 g/mol. The van der Waals surface area contributed by atoms with Gasteiger partial charge in [0, 0.05) is 18.6 Å². The van der Waals surface area contributed by atoms with E-state index in [1.807, 2.05) is 0 Å². The summed E-state index contributed by atoms with van der Waals surface area (Å²) in [6.45, 7) is 2.93. The van der Waals surface area contributed by atoms with Crippen molar-refractivity contribution in [2.45, 2.75) is 83.5 Å². The van der Waals surface area contributed by atoms with Crippen LogP contribution in [0.2, 0.25) is 0 Å². The van der Waals surface area contributed by atoms with E-state index in [-0.39, 0.29) is 19.0 Å². The van der Waals surface area contributed by atoms with E-state index in [9.17, 15) is 22.6 Å². The summed E-state index contributed by atoms with van der Waals surface area (Å²) >= 11 is 0. The van der Waals surface area contributed by atoms with Gasteiger partial charge in [0.2, 0.25) is 0 Å². The van der Waals surface area contributed by atoms with Crippen LogP contribution in [0.15, 0.2) is 36.9 Å². The number of fused-ring (bicyclic) bond motifs is 1. The lowest BCUT2D eigenvalue weighted by Crippen LogP contribution is -2.18. The lowest BCUT2D eigenvalue weighted by Gasteiger charge is -2.17. The number of hydrogen-bond donors (Lipinski definition) is 2. The number of nitrogen functional groups attached to an aromatic ring is 1. The first kappa shape index (κ1) is 35.5. The highest BCUT2D eigenvalue weighted by atomic mass is 31.2. The average molecular weight is 640 g/mol. The van der Waals surface area contributed by atoms with Gasteiger partial charge in [0.15, 0.2) is 11.5 Å². The largest absolute Gasteiger partial charge is 0.416 e. The Morgan fingerprint density at radius 1 is 0.977 bits per heavy atom. The smallest absolute Gasteiger partial charge is 0.382 e. The van der Waals surface area contributed by atoms with E-state index in [0.717, 1.165) is 69.9 Å². The first-order valence-electron chi connectivity index (χ1n) is 14.8. The number of unbranched alkanes of at least 4 members (excludes halogenated alkanes) is 8. The number of ether oxygens (including phenoxy) is 2. The number of imidazole rings is 1. The molecule has 1 aromatic carbocycles. The number of nitrogens with zero attached hydrogens (tertiary/aromatic N) is 4. The first-order valence-corrected chi connectivity index (χ1v) is 16.5. The van der Waals surface area contributed by atoms with E-state index in [2.05, 4.69) is 26.8 Å². The number of alkyl halides is 3. The summed E-state index contributed by atoms with van der Waals surface area (Å²) in [5.74, 6) is 6.23. The van der Waals surface area contributed by atoms with Crippen LogP contribution in [-0.2, 0) is 31.3 Å². The molecule has 14 heteroatoms. The number of aromatic nitrogens is 4. The van der Waals surface area contributed by atoms with Gasteiger partial charge in [0.1, 0.15) is 18.2 Å². The summed E-state index contributed by atoms with van der Waals surface area (Å²) in [5, 5.41) is 0. The van der Waals surface area contributed by atoms with Crippen molar-refractivity contribution in [3.63, 3.8) is 0 Å². The van der Waals surface area contributed by atoms with E-state index >= 15 is 0 Å². The summed E-state index contributed by atoms with van der Waals surface area (Å²) in [6, 6.07) is 4.92. The van der Waals surface area contributed by atoms with Crippen LogP contribution in [0.4, 0.5) is 19.0 Å². The van der Waals surface area contributed by atoms with Crippen LogP contribution < -0.4 is 5.73 Å². The van der Waals surface area contributed by atoms with Crippen molar-refractivity contribution in [2.24, 2.45) is 0 Å². The van der Waals surface area contributed by atoms with Crippen molar-refractivity contribution in [2.75, 3.05) is 31.9 Å². The second-order valence-electron chi connectivity index (χ2n) is 10.5. The van der Waals surface area contributed by atoms with Crippen molar-refractivity contribution < 1.29 is 36.6 Å². The lowest BCUT2D eigenvalue weighted by atomic mass is 10.1. The molecule has 2 atom stereocenters. The summed E-state index contributed by atoms with van der Waals surface area (Å²) in [7, 11) is -3.91. The highest BCUT2D eigenvalue weighted by Crippen LogP contribution is 2.41. The molecule has 0 amide bonds. The Morgan fingerprint density at radius 3 is 2.36 bits per heavy atom. The number of rotatable bonds is 19. The highest BCUT2D eigenvalue weighted by molar-refractivity contribution is 7.52. The Balaban J connectivity index is 1.11. The normalized spacial score (nSPS) is 13.8. The molecule has 3 aromatic rings. The number of halogens is 3. The minimum atomic E-state index is -4.32. The summed E-state index contributed by atoms with van der Waals surface area (Å²) in [4.78, 5) is 22.3. The van der Waals surface area contributed by atoms with Crippen LogP contribution in [-0.4, -0.2) is 56.7 Å². The fourth-order valence-electron chi connectivity index (χ4n) is 4.35. The Kier molecular flexibility index (Phi) is 14.6. The second kappa shape index (κ2) is 18.1. The molecule has 242 valence electrons. The van der Waals surface area contributed by atoms with Gasteiger partial charge in [-0.3, -0.25) is 4.57 Å². The van der Waals surface area contributed by atoms with E-state index in [4.69, 9.17) is 19.7 Å². The lowest BCUT2D eigenvalue weighted by molar-refractivity contribution is -0.137. The predicted octanol–water partition coefficient (Wildman–Crippen LogP) is 6.57. The molecule has 0 aliphatic heterocycles. The quantitative estimate of drug-likeness (QED) is 0.0848. The molecule has 0 saturated carbocycles. The maximum Gasteiger partial charge on any atom is 0.416 e. The van der Waals surface area contributed by atoms with Crippen molar-refractivity contribution in [3.05, 3.63) is 48.0 Å². The zero-order chi connectivity index (χ0) is 31.8. The number of benzene rings is 1. The molecule has 3 rings (SSSR count). The predicted molar refractivity (Wildman–Crippen MR) is 162 cm³/mol. The van der Waals surface area contributed by atoms with Crippen LogP contribution in [0.3, 0.4) is 0 Å². The zero-order valence-electron chi connectivity index (χ0n) is 25.0. The van der Waals surface area contributed by atoms with E-state index in [1.54, 1.807) is 17.8 Å². The molecule has 10 nitrogen and oxygen atoms in total. The molecule has 3 N–H and O–H groups in total. The highest BCUT2D eigenvalue weighted by Gasteiger charge is 2.29. The van der Waals surface area contributed by atoms with Gasteiger partial charge < -0.3 is 29.2 Å². The van der Waals surface area contributed by atoms with E-state index in [1.165, 1.54) is 18.5 Å². The molecular weight excluding hydrogens is 598 g/mol. The van der Waals surface area contributed by atoms with Crippen molar-refractivity contribution in [1.82, 2.24) is 19.5 Å². The van der Waals surface area contributed by atoms with Gasteiger partial charge in [-0.05, 0) is 44.0 Å². The van der Waals surface area contributed by atoms with Crippen LogP contribution in [0, 0.1) is 11.8 Å². The maximum atomic E-state index is 12.6. The summed E-state index contributed by atoms with van der Waals surface area (Å²) < 4.78 is 67.9. The van der Waals surface area contributed by atoms with Crippen LogP contribution in [0.25, 0.3) is 11.2 Å². The fraction of sp³-hybridized carbons (Fsp3) is 0.567. The molecular formula is C30H41F3N5O5P. The molecule has 0 bridgehead atoms. The van der Waals surface area contributed by atoms with Gasteiger partial charge in [-0.25, -0.2) is 15.0 Å². The van der Waals surface area contributed by atoms with Gasteiger partial charge in [-0.15, -0.1) is 0 Å². The van der Waals surface area contributed by atoms with Crippen LogP contribution in [0.5, 0.6) is 0 Å². The molecule has 2 heterocycles. The maximum absolute atomic E-state index is 12.6. The van der Waals surface area contributed by atoms with Crippen molar-refractivity contribution >= 4 is 24.6 Å². The van der Waals surface area contributed by atoms with Crippen molar-refractivity contribution in [3.8, 4) is 11.8 Å². The summed E-state index contributed by atoms with van der Waals surface area (Å²) in [5.41, 5.74) is 6.78. The average Bonchev–Trinajstić information content (AvgIpc) is 3.39. The topological polar surface area (TPSA) is 135 Å². The Hall–Kier alpha value is -3.01. The SMILES string of the molecule is C[C@H](Cn1cnc2c(N)ncnc21)OCP(=O)(O)OCCOCCCCCCCCCCC#Cc1ccc(C(F)(F)F)cc1. The Labute approximate surface area is 256 Å². The third-order valence-electron chi connectivity index (χ3n) is 6.71. The third kappa shape index (κ3) is 12.9. The number of hydrogen-bond acceptors (Lipinski definition) is 8. The zero-order valence-corrected chi connectivity index (χ0v) is 25.9. The van der Waals surface area contributed by atoms with E-state index in [0.29, 0.717) is 29.9 Å². The summed E-state index contributed by atoms with van der Waals surface area (Å²) in [6.07, 6.45) is 7.05. The van der Waals surface area contributed by atoms with Gasteiger partial charge in [-0.2, -0.15) is 13.2 Å². The first-order chi connectivity index (χ1) is 21.0. The molecule has 44 heavy (non-hydrogen) atoms. The molecule has 0 aliphatic carbocycles. The third-order valence-corrected chi connectivity index (χ3v) is 7.77. The van der Waals surface area contributed by atoms with E-state index < -0.39 is 31.8 Å². The molecule has 0 fully saturated rings. The molecule has 1 unspecified atom stereocenters. The van der Waals surface area contributed by atoms with Crippen LogP contribution >= 0.6 is 7.60 Å². The molecule has 2 aromatic heterocycles. The van der Waals surface area contributed by atoms with Gasteiger partial charge in [-0.1, -0.05) is 50.4 Å². The number of anilines is 1. The number of nitrogens with two attached hydrogens (primary N) is 1. The Morgan fingerprint density at radius 2 is 1.66 bits per heavy atom. The fourth-order valence-corrected chi connectivity index (χ4v) is 5.22. The molecule has 0 spiro atoms. The van der Waals surface area contributed by atoms with Gasteiger partial charge in [0.05, 0.1) is 37.8 Å². The minimum Gasteiger partial charge on any atom is -0.382 e. The van der Waals surface area contributed by atoms with Crippen LogP contribution in [0.1, 0.15) is 75.8 Å².